The van der Waals surface area contributed by atoms with Gasteiger partial charge in [0.1, 0.15) is 5.82 Å². The Hall–Kier alpha value is -1.85. The summed E-state index contributed by atoms with van der Waals surface area (Å²) in [6, 6.07) is 5.07. The van der Waals surface area contributed by atoms with Crippen molar-refractivity contribution in [2.24, 2.45) is 0 Å². The van der Waals surface area contributed by atoms with Crippen molar-refractivity contribution < 1.29 is 13.2 Å². The van der Waals surface area contributed by atoms with Gasteiger partial charge >= 0.3 is 6.18 Å². The van der Waals surface area contributed by atoms with E-state index in [0.29, 0.717) is 17.3 Å². The molecule has 0 aliphatic carbocycles. The third kappa shape index (κ3) is 2.77. The van der Waals surface area contributed by atoms with Crippen molar-refractivity contribution in [2.45, 2.75) is 32.9 Å². The summed E-state index contributed by atoms with van der Waals surface area (Å²) in [6.45, 7) is 5.59. The zero-order chi connectivity index (χ0) is 14.2. The topological polar surface area (TPSA) is 30.7 Å². The fraction of sp³-hybridized carbons (Fsp3) is 0.385. The van der Waals surface area contributed by atoms with E-state index < -0.39 is 11.7 Å². The Labute approximate surface area is 109 Å². The third-order valence-electron chi connectivity index (χ3n) is 2.72. The molecule has 0 unspecified atom stereocenters. The SMILES string of the molecule is Cc1nc(C(C)C)nn1-c1cccc(C(F)(F)F)c1. The molecule has 6 heteroatoms. The monoisotopic (exact) mass is 269 g/mol. The van der Waals surface area contributed by atoms with Gasteiger partial charge in [0.05, 0.1) is 11.3 Å². The van der Waals surface area contributed by atoms with E-state index in [1.54, 1.807) is 13.0 Å². The van der Waals surface area contributed by atoms with E-state index >= 15 is 0 Å². The van der Waals surface area contributed by atoms with Crippen LogP contribution in [0.3, 0.4) is 0 Å². The lowest BCUT2D eigenvalue weighted by Gasteiger charge is -2.09. The minimum absolute atomic E-state index is 0.130. The second-order valence-electron chi connectivity index (χ2n) is 4.63. The van der Waals surface area contributed by atoms with Crippen molar-refractivity contribution in [1.82, 2.24) is 14.8 Å². The van der Waals surface area contributed by atoms with Crippen LogP contribution in [0, 0.1) is 6.92 Å². The van der Waals surface area contributed by atoms with Crippen LogP contribution in [0.1, 0.15) is 37.0 Å². The van der Waals surface area contributed by atoms with Crippen LogP contribution < -0.4 is 0 Å². The maximum Gasteiger partial charge on any atom is 0.416 e. The van der Waals surface area contributed by atoms with Crippen molar-refractivity contribution in [1.29, 1.82) is 0 Å². The first-order valence-electron chi connectivity index (χ1n) is 5.90. The van der Waals surface area contributed by atoms with Crippen LogP contribution in [-0.2, 0) is 6.18 Å². The molecule has 2 rings (SSSR count). The average Bonchev–Trinajstić information content (AvgIpc) is 2.71. The summed E-state index contributed by atoms with van der Waals surface area (Å²) in [5, 5.41) is 4.24. The van der Waals surface area contributed by atoms with E-state index in [1.807, 2.05) is 13.8 Å². The summed E-state index contributed by atoms with van der Waals surface area (Å²) in [7, 11) is 0. The molecule has 0 atom stereocenters. The number of benzene rings is 1. The van der Waals surface area contributed by atoms with E-state index in [-0.39, 0.29) is 5.92 Å². The summed E-state index contributed by atoms with van der Waals surface area (Å²) in [5.74, 6) is 1.32. The second kappa shape index (κ2) is 4.68. The Bertz CT molecular complexity index is 585. The lowest BCUT2D eigenvalue weighted by Crippen LogP contribution is -2.07. The smallest absolute Gasteiger partial charge is 0.218 e. The molecule has 0 saturated carbocycles. The number of nitrogens with zero attached hydrogens (tertiary/aromatic N) is 3. The van der Waals surface area contributed by atoms with E-state index in [0.717, 1.165) is 12.1 Å². The van der Waals surface area contributed by atoms with Gasteiger partial charge in [-0.25, -0.2) is 9.67 Å². The highest BCUT2D eigenvalue weighted by atomic mass is 19.4. The highest BCUT2D eigenvalue weighted by molar-refractivity contribution is 5.37. The molecule has 0 saturated heterocycles. The quantitative estimate of drug-likeness (QED) is 0.832. The number of aryl methyl sites for hydroxylation is 1. The Morgan fingerprint density at radius 1 is 1.21 bits per heavy atom. The maximum absolute atomic E-state index is 12.7. The normalized spacial score (nSPS) is 12.2. The molecule has 2 aromatic rings. The lowest BCUT2D eigenvalue weighted by molar-refractivity contribution is -0.137. The Kier molecular flexibility index (Phi) is 3.34. The molecule has 0 spiro atoms. The summed E-state index contributed by atoms with van der Waals surface area (Å²) in [6.07, 6.45) is -4.36. The number of aromatic nitrogens is 3. The molecule has 1 aromatic heterocycles. The molecule has 0 aliphatic rings. The van der Waals surface area contributed by atoms with Gasteiger partial charge in [0.25, 0.3) is 0 Å². The van der Waals surface area contributed by atoms with Gasteiger partial charge in [-0.1, -0.05) is 19.9 Å². The third-order valence-corrected chi connectivity index (χ3v) is 2.72. The van der Waals surface area contributed by atoms with Crippen LogP contribution in [0.15, 0.2) is 24.3 Å². The predicted octanol–water partition coefficient (Wildman–Crippen LogP) is 3.72. The van der Waals surface area contributed by atoms with Crippen LogP contribution in [0.5, 0.6) is 0 Å². The molecule has 0 radical (unpaired) electrons. The van der Waals surface area contributed by atoms with Gasteiger partial charge in [-0.15, -0.1) is 0 Å². The van der Waals surface area contributed by atoms with Crippen LogP contribution in [-0.4, -0.2) is 14.8 Å². The molecule has 1 aromatic carbocycles. The Morgan fingerprint density at radius 2 is 1.89 bits per heavy atom. The van der Waals surface area contributed by atoms with E-state index in [4.69, 9.17) is 0 Å². The molecular formula is C13H14F3N3. The zero-order valence-electron chi connectivity index (χ0n) is 10.9. The van der Waals surface area contributed by atoms with Crippen molar-refractivity contribution in [3.8, 4) is 5.69 Å². The first-order valence-corrected chi connectivity index (χ1v) is 5.90. The van der Waals surface area contributed by atoms with Gasteiger partial charge in [0.2, 0.25) is 0 Å². The predicted molar refractivity (Wildman–Crippen MR) is 65.2 cm³/mol. The zero-order valence-corrected chi connectivity index (χ0v) is 10.9. The standard InChI is InChI=1S/C13H14F3N3/c1-8(2)12-17-9(3)19(18-12)11-6-4-5-10(7-11)13(14,15)16/h4-8H,1-3H3. The van der Waals surface area contributed by atoms with Gasteiger partial charge in [-0.05, 0) is 25.1 Å². The van der Waals surface area contributed by atoms with Gasteiger partial charge in [-0.2, -0.15) is 18.3 Å². The van der Waals surface area contributed by atoms with E-state index in [9.17, 15) is 13.2 Å². The first kappa shape index (κ1) is 13.6. The maximum atomic E-state index is 12.7. The molecule has 0 amide bonds. The summed E-state index contributed by atoms with van der Waals surface area (Å²) < 4.78 is 39.5. The van der Waals surface area contributed by atoms with Crippen LogP contribution in [0.4, 0.5) is 13.2 Å². The highest BCUT2D eigenvalue weighted by Crippen LogP contribution is 2.30. The van der Waals surface area contributed by atoms with Crippen LogP contribution >= 0.6 is 0 Å². The second-order valence-corrected chi connectivity index (χ2v) is 4.63. The summed E-state index contributed by atoms with van der Waals surface area (Å²) in [5.41, 5.74) is -0.322. The molecule has 0 fully saturated rings. The highest BCUT2D eigenvalue weighted by Gasteiger charge is 2.30. The number of halogens is 3. The van der Waals surface area contributed by atoms with E-state index in [2.05, 4.69) is 10.1 Å². The number of hydrogen-bond acceptors (Lipinski definition) is 2. The van der Waals surface area contributed by atoms with Crippen molar-refractivity contribution >= 4 is 0 Å². The molecule has 0 bridgehead atoms. The Morgan fingerprint density at radius 3 is 2.42 bits per heavy atom. The first-order chi connectivity index (χ1) is 8.79. The van der Waals surface area contributed by atoms with Gasteiger partial charge < -0.3 is 0 Å². The molecule has 0 aliphatic heterocycles. The molecule has 1 heterocycles. The van der Waals surface area contributed by atoms with Gasteiger partial charge in [0, 0.05) is 5.92 Å². The number of alkyl halides is 3. The van der Waals surface area contributed by atoms with Gasteiger partial charge in [0.15, 0.2) is 5.82 Å². The van der Waals surface area contributed by atoms with Crippen LogP contribution in [0.2, 0.25) is 0 Å². The van der Waals surface area contributed by atoms with Crippen molar-refractivity contribution in [2.75, 3.05) is 0 Å². The van der Waals surface area contributed by atoms with Gasteiger partial charge in [-0.3, -0.25) is 0 Å². The molecule has 0 N–H and O–H groups in total. The molecule has 3 nitrogen and oxygen atoms in total. The molecular weight excluding hydrogens is 255 g/mol. The molecule has 19 heavy (non-hydrogen) atoms. The number of rotatable bonds is 2. The Balaban J connectivity index is 2.48. The van der Waals surface area contributed by atoms with Crippen molar-refractivity contribution in [3.05, 3.63) is 41.5 Å². The summed E-state index contributed by atoms with van der Waals surface area (Å²) in [4.78, 5) is 4.25. The van der Waals surface area contributed by atoms with Crippen molar-refractivity contribution in [3.63, 3.8) is 0 Å². The fourth-order valence-electron chi connectivity index (χ4n) is 1.71. The van der Waals surface area contributed by atoms with E-state index in [1.165, 1.54) is 10.7 Å². The minimum atomic E-state index is -4.36. The number of hydrogen-bond donors (Lipinski definition) is 0. The molecule has 102 valence electrons. The minimum Gasteiger partial charge on any atom is -0.218 e. The fourth-order valence-corrected chi connectivity index (χ4v) is 1.71. The largest absolute Gasteiger partial charge is 0.416 e. The summed E-state index contributed by atoms with van der Waals surface area (Å²) >= 11 is 0. The van der Waals surface area contributed by atoms with Crippen LogP contribution in [0.25, 0.3) is 5.69 Å². The lowest BCUT2D eigenvalue weighted by atomic mass is 10.2. The average molecular weight is 269 g/mol.